The first-order valence-corrected chi connectivity index (χ1v) is 7.91. The van der Waals surface area contributed by atoms with Gasteiger partial charge in [0.2, 0.25) is 5.91 Å². The predicted molar refractivity (Wildman–Crippen MR) is 86.0 cm³/mol. The lowest BCUT2D eigenvalue weighted by molar-refractivity contribution is -0.134. The van der Waals surface area contributed by atoms with Crippen LogP contribution < -0.4 is 5.32 Å². The number of anilines is 1. The van der Waals surface area contributed by atoms with Gasteiger partial charge in [-0.05, 0) is 51.0 Å². The van der Waals surface area contributed by atoms with Crippen molar-refractivity contribution in [1.29, 1.82) is 0 Å². The van der Waals surface area contributed by atoms with Crippen molar-refractivity contribution in [2.24, 2.45) is 5.92 Å². The molecule has 6 heteroatoms. The van der Waals surface area contributed by atoms with Gasteiger partial charge in [-0.2, -0.15) is 0 Å². The van der Waals surface area contributed by atoms with Gasteiger partial charge in [0, 0.05) is 24.7 Å². The molecule has 1 saturated carbocycles. The second kappa shape index (κ2) is 7.76. The van der Waals surface area contributed by atoms with Gasteiger partial charge in [0.25, 0.3) is 5.91 Å². The molecule has 1 fully saturated rings. The first-order chi connectivity index (χ1) is 11.0. The normalized spacial score (nSPS) is 13.3. The van der Waals surface area contributed by atoms with Crippen LogP contribution in [0.1, 0.15) is 37.0 Å². The fourth-order valence-corrected chi connectivity index (χ4v) is 2.16. The summed E-state index contributed by atoms with van der Waals surface area (Å²) in [6.45, 7) is 4.65. The van der Waals surface area contributed by atoms with Crippen molar-refractivity contribution < 1.29 is 19.1 Å². The zero-order valence-electron chi connectivity index (χ0n) is 13.5. The van der Waals surface area contributed by atoms with Crippen LogP contribution in [0.15, 0.2) is 24.3 Å². The first kappa shape index (κ1) is 17.0. The largest absolute Gasteiger partial charge is 0.452 e. The van der Waals surface area contributed by atoms with Crippen LogP contribution in [0.25, 0.3) is 0 Å². The molecule has 2 rings (SSSR count). The molecule has 0 heterocycles. The van der Waals surface area contributed by atoms with Crippen molar-refractivity contribution in [2.75, 3.05) is 25.0 Å². The Hall–Kier alpha value is -2.37. The summed E-state index contributed by atoms with van der Waals surface area (Å²) in [6, 6.07) is 6.46. The molecular formula is C17H22N2O4. The van der Waals surface area contributed by atoms with Gasteiger partial charge in [-0.25, -0.2) is 4.79 Å². The smallest absolute Gasteiger partial charge is 0.338 e. The minimum atomic E-state index is -0.550. The SMILES string of the molecule is CCN(CC)C(=O)COC(=O)c1ccc(NC(=O)C2CC2)cc1. The molecule has 1 aliphatic carbocycles. The summed E-state index contributed by atoms with van der Waals surface area (Å²) >= 11 is 0. The van der Waals surface area contributed by atoms with Crippen molar-refractivity contribution in [3.05, 3.63) is 29.8 Å². The number of rotatable bonds is 7. The number of hydrogen-bond acceptors (Lipinski definition) is 4. The molecule has 124 valence electrons. The lowest BCUT2D eigenvalue weighted by atomic mass is 10.2. The van der Waals surface area contributed by atoms with E-state index in [9.17, 15) is 14.4 Å². The van der Waals surface area contributed by atoms with Gasteiger partial charge in [-0.15, -0.1) is 0 Å². The number of amides is 2. The minimum absolute atomic E-state index is 0.0187. The topological polar surface area (TPSA) is 75.7 Å². The van der Waals surface area contributed by atoms with Crippen LogP contribution in [-0.2, 0) is 14.3 Å². The molecular weight excluding hydrogens is 296 g/mol. The molecule has 23 heavy (non-hydrogen) atoms. The van der Waals surface area contributed by atoms with E-state index in [4.69, 9.17) is 4.74 Å². The van der Waals surface area contributed by atoms with E-state index in [-0.39, 0.29) is 24.3 Å². The Morgan fingerprint density at radius 3 is 2.26 bits per heavy atom. The molecule has 0 aliphatic heterocycles. The molecule has 0 atom stereocenters. The number of carbonyl (C=O) groups is 3. The van der Waals surface area contributed by atoms with Crippen LogP contribution in [0.4, 0.5) is 5.69 Å². The Kier molecular flexibility index (Phi) is 5.73. The highest BCUT2D eigenvalue weighted by atomic mass is 16.5. The monoisotopic (exact) mass is 318 g/mol. The van der Waals surface area contributed by atoms with Crippen LogP contribution in [0.3, 0.4) is 0 Å². The molecule has 0 spiro atoms. The van der Waals surface area contributed by atoms with Gasteiger partial charge in [0.15, 0.2) is 6.61 Å². The first-order valence-electron chi connectivity index (χ1n) is 7.91. The van der Waals surface area contributed by atoms with Crippen LogP contribution in [0.2, 0.25) is 0 Å². The van der Waals surface area contributed by atoms with E-state index in [0.29, 0.717) is 24.3 Å². The molecule has 6 nitrogen and oxygen atoms in total. The second-order valence-electron chi connectivity index (χ2n) is 5.48. The Bertz CT molecular complexity index is 575. The van der Waals surface area contributed by atoms with E-state index in [1.54, 1.807) is 29.2 Å². The molecule has 1 aromatic rings. The van der Waals surface area contributed by atoms with E-state index in [2.05, 4.69) is 5.32 Å². The summed E-state index contributed by atoms with van der Waals surface area (Å²) in [5.74, 6) is -0.613. The van der Waals surface area contributed by atoms with Gasteiger partial charge >= 0.3 is 5.97 Å². The van der Waals surface area contributed by atoms with E-state index >= 15 is 0 Å². The number of hydrogen-bond donors (Lipinski definition) is 1. The number of esters is 1. The van der Waals surface area contributed by atoms with E-state index in [1.165, 1.54) is 0 Å². The van der Waals surface area contributed by atoms with Crippen LogP contribution in [0, 0.1) is 5.92 Å². The summed E-state index contributed by atoms with van der Waals surface area (Å²) in [4.78, 5) is 37.0. The zero-order valence-corrected chi connectivity index (χ0v) is 13.5. The number of nitrogens with one attached hydrogen (secondary N) is 1. The summed E-state index contributed by atoms with van der Waals surface area (Å²) in [7, 11) is 0. The summed E-state index contributed by atoms with van der Waals surface area (Å²) in [6.07, 6.45) is 1.88. The van der Waals surface area contributed by atoms with Crippen LogP contribution >= 0.6 is 0 Å². The maximum absolute atomic E-state index is 11.9. The highest BCUT2D eigenvalue weighted by molar-refractivity contribution is 5.95. The second-order valence-corrected chi connectivity index (χ2v) is 5.48. The molecule has 1 aromatic carbocycles. The molecule has 0 aromatic heterocycles. The van der Waals surface area contributed by atoms with Gasteiger partial charge < -0.3 is 15.0 Å². The molecule has 0 radical (unpaired) electrons. The highest BCUT2D eigenvalue weighted by Gasteiger charge is 2.29. The highest BCUT2D eigenvalue weighted by Crippen LogP contribution is 2.30. The number of likely N-dealkylation sites (N-methyl/N-ethyl adjacent to an activating group) is 1. The quantitative estimate of drug-likeness (QED) is 0.781. The van der Waals surface area contributed by atoms with Crippen molar-refractivity contribution in [1.82, 2.24) is 4.90 Å². The van der Waals surface area contributed by atoms with E-state index < -0.39 is 5.97 Å². The third-order valence-electron chi connectivity index (χ3n) is 3.78. The molecule has 1 aliphatic rings. The predicted octanol–water partition coefficient (Wildman–Crippen LogP) is 2.06. The molecule has 0 unspecified atom stereocenters. The van der Waals surface area contributed by atoms with Crippen molar-refractivity contribution >= 4 is 23.5 Å². The lowest BCUT2D eigenvalue weighted by Gasteiger charge is -2.18. The van der Waals surface area contributed by atoms with Crippen molar-refractivity contribution in [3.8, 4) is 0 Å². The fraction of sp³-hybridized carbons (Fsp3) is 0.471. The van der Waals surface area contributed by atoms with Gasteiger partial charge in [0.05, 0.1) is 5.56 Å². The van der Waals surface area contributed by atoms with Gasteiger partial charge in [-0.3, -0.25) is 9.59 Å². The van der Waals surface area contributed by atoms with Crippen LogP contribution in [-0.4, -0.2) is 42.4 Å². The molecule has 1 N–H and O–H groups in total. The standard InChI is InChI=1S/C17H22N2O4/c1-3-19(4-2)15(20)11-23-17(22)13-7-9-14(10-8-13)18-16(21)12-5-6-12/h7-10,12H,3-6,11H2,1-2H3,(H,18,21). The van der Waals surface area contributed by atoms with Crippen molar-refractivity contribution in [3.63, 3.8) is 0 Å². The number of ether oxygens (including phenoxy) is 1. The Labute approximate surface area is 135 Å². The summed E-state index contributed by atoms with van der Waals surface area (Å²) < 4.78 is 5.03. The lowest BCUT2D eigenvalue weighted by Crippen LogP contribution is -2.34. The summed E-state index contributed by atoms with van der Waals surface area (Å²) in [5, 5.41) is 2.80. The van der Waals surface area contributed by atoms with Crippen molar-refractivity contribution in [2.45, 2.75) is 26.7 Å². The maximum atomic E-state index is 11.9. The molecule has 2 amide bonds. The minimum Gasteiger partial charge on any atom is -0.452 e. The molecule has 0 bridgehead atoms. The molecule has 0 saturated heterocycles. The zero-order chi connectivity index (χ0) is 16.8. The average Bonchev–Trinajstić information content (AvgIpc) is 3.39. The Morgan fingerprint density at radius 1 is 1.13 bits per heavy atom. The average molecular weight is 318 g/mol. The maximum Gasteiger partial charge on any atom is 0.338 e. The van der Waals surface area contributed by atoms with E-state index in [1.807, 2.05) is 13.8 Å². The van der Waals surface area contributed by atoms with E-state index in [0.717, 1.165) is 12.8 Å². The van der Waals surface area contributed by atoms with Crippen LogP contribution in [0.5, 0.6) is 0 Å². The Morgan fingerprint density at radius 2 is 1.74 bits per heavy atom. The third-order valence-corrected chi connectivity index (χ3v) is 3.78. The summed E-state index contributed by atoms with van der Waals surface area (Å²) in [5.41, 5.74) is 0.999. The third kappa shape index (κ3) is 4.81. The number of carbonyl (C=O) groups excluding carboxylic acids is 3. The Balaban J connectivity index is 1.84. The fourth-order valence-electron chi connectivity index (χ4n) is 2.16. The van der Waals surface area contributed by atoms with Gasteiger partial charge in [-0.1, -0.05) is 0 Å². The number of benzene rings is 1. The number of nitrogens with zero attached hydrogens (tertiary/aromatic N) is 1. The van der Waals surface area contributed by atoms with Gasteiger partial charge in [0.1, 0.15) is 0 Å².